The molecular formula is C19H19F4N. The first-order valence-corrected chi connectivity index (χ1v) is 7.97. The van der Waals surface area contributed by atoms with Crippen molar-refractivity contribution in [1.29, 1.82) is 0 Å². The summed E-state index contributed by atoms with van der Waals surface area (Å²) in [4.78, 5) is 1.92. The maximum absolute atomic E-state index is 14.2. The van der Waals surface area contributed by atoms with Crippen molar-refractivity contribution in [3.63, 3.8) is 0 Å². The molecule has 0 aliphatic carbocycles. The minimum atomic E-state index is -2.83. The molecular weight excluding hydrogens is 318 g/mol. The van der Waals surface area contributed by atoms with E-state index in [1.54, 1.807) is 0 Å². The van der Waals surface area contributed by atoms with Gasteiger partial charge in [0.05, 0.1) is 0 Å². The predicted octanol–water partition coefficient (Wildman–Crippen LogP) is 5.18. The fourth-order valence-corrected chi connectivity index (χ4v) is 3.24. The molecule has 2 atom stereocenters. The number of hydrogen-bond acceptors (Lipinski definition) is 1. The molecule has 0 saturated carbocycles. The Morgan fingerprint density at radius 3 is 2.42 bits per heavy atom. The normalized spacial score (nSPS) is 24.0. The Balaban J connectivity index is 1.92. The summed E-state index contributed by atoms with van der Waals surface area (Å²) in [6.45, 7) is 2.22. The fourth-order valence-electron chi connectivity index (χ4n) is 3.24. The van der Waals surface area contributed by atoms with Crippen LogP contribution in [0.25, 0.3) is 0 Å². The number of hydrogen-bond donors (Lipinski definition) is 0. The third kappa shape index (κ3) is 3.46. The number of rotatable bonds is 3. The van der Waals surface area contributed by atoms with Crippen LogP contribution in [0.5, 0.6) is 0 Å². The number of benzene rings is 2. The number of nitrogens with zero attached hydrogens (tertiary/aromatic N) is 1. The first-order valence-electron chi connectivity index (χ1n) is 7.97. The lowest BCUT2D eigenvalue weighted by molar-refractivity contribution is -0.123. The van der Waals surface area contributed by atoms with E-state index in [1.807, 2.05) is 35.2 Å². The molecule has 0 spiro atoms. The maximum Gasteiger partial charge on any atom is 0.253 e. The molecule has 1 saturated heterocycles. The summed E-state index contributed by atoms with van der Waals surface area (Å²) in [5.74, 6) is -5.59. The highest BCUT2D eigenvalue weighted by atomic mass is 19.3. The molecule has 0 bridgehead atoms. The second-order valence-electron chi connectivity index (χ2n) is 6.47. The van der Waals surface area contributed by atoms with E-state index in [2.05, 4.69) is 0 Å². The van der Waals surface area contributed by atoms with Gasteiger partial charge in [-0.25, -0.2) is 17.6 Å². The zero-order valence-electron chi connectivity index (χ0n) is 13.4. The van der Waals surface area contributed by atoms with E-state index in [-0.39, 0.29) is 6.54 Å². The first kappa shape index (κ1) is 17.0. The monoisotopic (exact) mass is 337 g/mol. The molecule has 3 rings (SSSR count). The van der Waals surface area contributed by atoms with Gasteiger partial charge in [0, 0.05) is 31.5 Å². The van der Waals surface area contributed by atoms with Gasteiger partial charge in [0.1, 0.15) is 0 Å². The lowest BCUT2D eigenvalue weighted by Crippen LogP contribution is -2.47. The van der Waals surface area contributed by atoms with Gasteiger partial charge in [0.2, 0.25) is 0 Å². The van der Waals surface area contributed by atoms with Gasteiger partial charge in [-0.3, -0.25) is 4.90 Å². The highest BCUT2D eigenvalue weighted by Gasteiger charge is 2.46. The van der Waals surface area contributed by atoms with Crippen molar-refractivity contribution in [2.24, 2.45) is 5.92 Å². The van der Waals surface area contributed by atoms with E-state index in [1.165, 1.54) is 13.0 Å². The van der Waals surface area contributed by atoms with Crippen molar-refractivity contribution in [1.82, 2.24) is 4.90 Å². The minimum absolute atomic E-state index is 0.200. The molecule has 1 heterocycles. The summed E-state index contributed by atoms with van der Waals surface area (Å²) < 4.78 is 55.2. The van der Waals surface area contributed by atoms with Crippen molar-refractivity contribution in [3.8, 4) is 0 Å². The van der Waals surface area contributed by atoms with Crippen LogP contribution >= 0.6 is 0 Å². The average molecular weight is 337 g/mol. The van der Waals surface area contributed by atoms with Gasteiger partial charge < -0.3 is 0 Å². The molecule has 0 amide bonds. The van der Waals surface area contributed by atoms with Crippen LogP contribution in [0.4, 0.5) is 17.6 Å². The Labute approximate surface area is 138 Å². The Morgan fingerprint density at radius 2 is 1.75 bits per heavy atom. The van der Waals surface area contributed by atoms with E-state index in [4.69, 9.17) is 0 Å². The minimum Gasteiger partial charge on any atom is -0.291 e. The van der Waals surface area contributed by atoms with Crippen LogP contribution in [0.3, 0.4) is 0 Å². The molecule has 0 aromatic heterocycles. The molecule has 1 aliphatic heterocycles. The largest absolute Gasteiger partial charge is 0.291 e. The van der Waals surface area contributed by atoms with Crippen LogP contribution in [-0.2, 0) is 6.54 Å². The second-order valence-corrected chi connectivity index (χ2v) is 6.47. The highest BCUT2D eigenvalue weighted by Crippen LogP contribution is 2.43. The van der Waals surface area contributed by atoms with Crippen LogP contribution in [0, 0.1) is 17.6 Å². The topological polar surface area (TPSA) is 3.24 Å². The Morgan fingerprint density at radius 1 is 1.04 bits per heavy atom. The van der Waals surface area contributed by atoms with Crippen LogP contribution in [0.15, 0.2) is 48.5 Å². The van der Waals surface area contributed by atoms with Gasteiger partial charge in [-0.2, -0.15) is 0 Å². The van der Waals surface area contributed by atoms with Crippen LogP contribution in [0.2, 0.25) is 0 Å². The molecule has 5 heteroatoms. The third-order valence-electron chi connectivity index (χ3n) is 4.69. The van der Waals surface area contributed by atoms with Gasteiger partial charge in [-0.1, -0.05) is 43.3 Å². The van der Waals surface area contributed by atoms with Crippen molar-refractivity contribution < 1.29 is 17.6 Å². The molecule has 1 fully saturated rings. The molecule has 1 aliphatic rings. The van der Waals surface area contributed by atoms with Crippen molar-refractivity contribution in [3.05, 3.63) is 71.3 Å². The SMILES string of the molecule is C[C@@H]1CN(Cc2ccccc2)[C@@H](c2ccc(F)c(F)c2)CC1(F)F. The first-order chi connectivity index (χ1) is 11.4. The van der Waals surface area contributed by atoms with E-state index < -0.39 is 35.9 Å². The van der Waals surface area contributed by atoms with E-state index in [0.29, 0.717) is 12.1 Å². The van der Waals surface area contributed by atoms with E-state index in [0.717, 1.165) is 17.7 Å². The average Bonchev–Trinajstić information content (AvgIpc) is 2.54. The third-order valence-corrected chi connectivity index (χ3v) is 4.69. The highest BCUT2D eigenvalue weighted by molar-refractivity contribution is 5.24. The summed E-state index contributed by atoms with van der Waals surface area (Å²) in [6.07, 6.45) is -0.397. The molecule has 128 valence electrons. The lowest BCUT2D eigenvalue weighted by atomic mass is 9.86. The number of piperidine rings is 1. The zero-order valence-corrected chi connectivity index (χ0v) is 13.4. The molecule has 1 nitrogen and oxygen atoms in total. The van der Waals surface area contributed by atoms with E-state index in [9.17, 15) is 17.6 Å². The number of halogens is 4. The summed E-state index contributed by atoms with van der Waals surface area (Å²) in [7, 11) is 0. The zero-order chi connectivity index (χ0) is 17.3. The Hall–Kier alpha value is -1.88. The van der Waals surface area contributed by atoms with Gasteiger partial charge in [0.25, 0.3) is 5.92 Å². The van der Waals surface area contributed by atoms with Crippen molar-refractivity contribution >= 4 is 0 Å². The molecule has 0 N–H and O–H groups in total. The van der Waals surface area contributed by atoms with Crippen LogP contribution in [-0.4, -0.2) is 17.4 Å². The van der Waals surface area contributed by atoms with Crippen molar-refractivity contribution in [2.45, 2.75) is 31.9 Å². The Bertz CT molecular complexity index is 702. The predicted molar refractivity (Wildman–Crippen MR) is 84.7 cm³/mol. The molecule has 0 unspecified atom stereocenters. The Kier molecular flexibility index (Phi) is 4.63. The number of likely N-dealkylation sites (tertiary alicyclic amines) is 1. The van der Waals surface area contributed by atoms with Gasteiger partial charge >= 0.3 is 0 Å². The van der Waals surface area contributed by atoms with Crippen LogP contribution in [0.1, 0.15) is 30.5 Å². The second kappa shape index (κ2) is 6.55. The standard InChI is InChI=1S/C19H19F4N/c1-13-11-24(12-14-5-3-2-4-6-14)18(10-19(13,22)23)15-7-8-16(20)17(21)9-15/h2-9,13,18H,10-12H2,1H3/t13-,18-/m1/s1. The summed E-state index contributed by atoms with van der Waals surface area (Å²) in [5.41, 5.74) is 1.39. The van der Waals surface area contributed by atoms with Crippen molar-refractivity contribution in [2.75, 3.05) is 6.54 Å². The fraction of sp³-hybridized carbons (Fsp3) is 0.368. The van der Waals surface area contributed by atoms with Gasteiger partial charge in [0.15, 0.2) is 11.6 Å². The summed E-state index contributed by atoms with van der Waals surface area (Å²) in [5, 5.41) is 0. The molecule has 2 aromatic rings. The number of alkyl halides is 2. The molecule has 0 radical (unpaired) electrons. The van der Waals surface area contributed by atoms with Crippen LogP contribution < -0.4 is 0 Å². The van der Waals surface area contributed by atoms with E-state index >= 15 is 0 Å². The quantitative estimate of drug-likeness (QED) is 0.697. The smallest absolute Gasteiger partial charge is 0.253 e. The summed E-state index contributed by atoms with van der Waals surface area (Å²) >= 11 is 0. The lowest BCUT2D eigenvalue weighted by Gasteiger charge is -2.43. The molecule has 24 heavy (non-hydrogen) atoms. The van der Waals surface area contributed by atoms with Gasteiger partial charge in [-0.05, 0) is 23.3 Å². The van der Waals surface area contributed by atoms with Gasteiger partial charge in [-0.15, -0.1) is 0 Å². The maximum atomic E-state index is 14.2. The molecule has 2 aromatic carbocycles. The summed E-state index contributed by atoms with van der Waals surface area (Å²) in [6, 6.07) is 12.3.